The molecule has 1 unspecified atom stereocenters. The summed E-state index contributed by atoms with van der Waals surface area (Å²) in [5.41, 5.74) is 0. The number of rotatable bonds is 5. The van der Waals surface area contributed by atoms with E-state index in [1.165, 1.54) is 0 Å². The van der Waals surface area contributed by atoms with Gasteiger partial charge in [-0.1, -0.05) is 0 Å². The molecule has 5 nitrogen and oxygen atoms in total. The van der Waals surface area contributed by atoms with Crippen molar-refractivity contribution in [2.24, 2.45) is 0 Å². The fourth-order valence-electron chi connectivity index (χ4n) is 0.679. The monoisotopic (exact) mass is 196 g/mol. The van der Waals surface area contributed by atoms with Gasteiger partial charge in [0.15, 0.2) is 0 Å². The summed E-state index contributed by atoms with van der Waals surface area (Å²) in [6, 6.07) is 0. The van der Waals surface area contributed by atoms with Gasteiger partial charge in [0.05, 0.1) is 18.5 Å². The van der Waals surface area contributed by atoms with Gasteiger partial charge in [-0.25, -0.2) is 0 Å². The lowest BCUT2D eigenvalue weighted by Crippen LogP contribution is -2.23. The molecule has 1 saturated carbocycles. The van der Waals surface area contributed by atoms with Crippen molar-refractivity contribution in [1.82, 2.24) is 0 Å². The minimum atomic E-state index is -3.46. The van der Waals surface area contributed by atoms with Gasteiger partial charge >= 0.3 is 0 Å². The van der Waals surface area contributed by atoms with Crippen molar-refractivity contribution in [3.8, 4) is 0 Å². The molecule has 0 aliphatic heterocycles. The molecular formula is C6H12O5S. The van der Waals surface area contributed by atoms with Crippen LogP contribution < -0.4 is 0 Å². The zero-order chi connectivity index (χ0) is 9.19. The second-order valence-electron chi connectivity index (χ2n) is 2.81. The van der Waals surface area contributed by atoms with Crippen LogP contribution in [0, 0.1) is 0 Å². The summed E-state index contributed by atoms with van der Waals surface area (Å²) in [5, 5.41) is 16.8. The van der Waals surface area contributed by atoms with Crippen molar-refractivity contribution in [3.63, 3.8) is 0 Å². The molecule has 0 bridgehead atoms. The Hall–Kier alpha value is -0.170. The van der Waals surface area contributed by atoms with Gasteiger partial charge in [-0.05, 0) is 12.8 Å². The van der Waals surface area contributed by atoms with Crippen molar-refractivity contribution in [3.05, 3.63) is 0 Å². The highest BCUT2D eigenvalue weighted by molar-refractivity contribution is 7.87. The molecule has 0 amide bonds. The Kier molecular flexibility index (Phi) is 3.05. The second kappa shape index (κ2) is 3.69. The average molecular weight is 196 g/mol. The van der Waals surface area contributed by atoms with Gasteiger partial charge in [0.1, 0.15) is 6.10 Å². The van der Waals surface area contributed by atoms with E-state index in [1.807, 2.05) is 0 Å². The predicted molar refractivity (Wildman–Crippen MR) is 41.0 cm³/mol. The van der Waals surface area contributed by atoms with Gasteiger partial charge in [0, 0.05) is 0 Å². The van der Waals surface area contributed by atoms with Crippen LogP contribution in [0.25, 0.3) is 0 Å². The normalized spacial score (nSPS) is 20.8. The van der Waals surface area contributed by atoms with Crippen molar-refractivity contribution in [2.75, 3.05) is 13.2 Å². The summed E-state index contributed by atoms with van der Waals surface area (Å²) in [4.78, 5) is 0. The number of aliphatic hydroxyl groups excluding tert-OH is 2. The largest absolute Gasteiger partial charge is 0.394 e. The first-order valence-corrected chi connectivity index (χ1v) is 5.20. The van der Waals surface area contributed by atoms with Gasteiger partial charge in [-0.2, -0.15) is 8.42 Å². The standard InChI is InChI=1S/C6H12O5S/c7-3-5(8)4-11-12(9,10)6-1-2-6/h5-8H,1-4H2. The highest BCUT2D eigenvalue weighted by atomic mass is 32.2. The summed E-state index contributed by atoms with van der Waals surface area (Å²) in [5.74, 6) is 0. The SMILES string of the molecule is O=S(=O)(OCC(O)CO)C1CC1. The Bertz CT molecular complexity index is 230. The number of aliphatic hydroxyl groups is 2. The minimum absolute atomic E-state index is 0.352. The van der Waals surface area contributed by atoms with E-state index in [0.29, 0.717) is 12.8 Å². The lowest BCUT2D eigenvalue weighted by molar-refractivity contribution is 0.0556. The predicted octanol–water partition coefficient (Wildman–Crippen LogP) is -1.15. The molecule has 0 saturated heterocycles. The maximum Gasteiger partial charge on any atom is 0.270 e. The third kappa shape index (κ3) is 2.71. The molecule has 12 heavy (non-hydrogen) atoms. The van der Waals surface area contributed by atoms with Crippen LogP contribution in [0.15, 0.2) is 0 Å². The van der Waals surface area contributed by atoms with Crippen LogP contribution in [0.1, 0.15) is 12.8 Å². The van der Waals surface area contributed by atoms with Crippen LogP contribution >= 0.6 is 0 Å². The Morgan fingerprint density at radius 3 is 2.50 bits per heavy atom. The lowest BCUT2D eigenvalue weighted by Gasteiger charge is -2.07. The molecule has 0 heterocycles. The fraction of sp³-hybridized carbons (Fsp3) is 1.00. The average Bonchev–Trinajstić information content (AvgIpc) is 2.82. The molecule has 0 aromatic rings. The van der Waals surface area contributed by atoms with E-state index in [9.17, 15) is 8.42 Å². The molecule has 1 aliphatic carbocycles. The van der Waals surface area contributed by atoms with E-state index in [2.05, 4.69) is 4.18 Å². The van der Waals surface area contributed by atoms with Crippen LogP contribution in [0.5, 0.6) is 0 Å². The summed E-state index contributed by atoms with van der Waals surface area (Å²) >= 11 is 0. The molecule has 0 radical (unpaired) electrons. The molecule has 1 fully saturated rings. The summed E-state index contributed by atoms with van der Waals surface area (Å²) in [6.45, 7) is -0.838. The summed E-state index contributed by atoms with van der Waals surface area (Å²) in [6.07, 6.45) is 0.160. The molecule has 0 aromatic heterocycles. The van der Waals surface area contributed by atoms with Crippen LogP contribution in [-0.2, 0) is 14.3 Å². The molecule has 72 valence electrons. The molecule has 2 N–H and O–H groups in total. The summed E-state index contributed by atoms with van der Waals surface area (Å²) in [7, 11) is -3.46. The van der Waals surface area contributed by atoms with Crippen molar-refractivity contribution in [1.29, 1.82) is 0 Å². The van der Waals surface area contributed by atoms with Crippen molar-refractivity contribution < 1.29 is 22.8 Å². The number of hydrogen-bond acceptors (Lipinski definition) is 5. The van der Waals surface area contributed by atoms with E-state index in [4.69, 9.17) is 10.2 Å². The van der Waals surface area contributed by atoms with Gasteiger partial charge in [-0.15, -0.1) is 0 Å². The molecule has 1 atom stereocenters. The Labute approximate surface area is 71.1 Å². The molecular weight excluding hydrogens is 184 g/mol. The highest BCUT2D eigenvalue weighted by Crippen LogP contribution is 2.29. The van der Waals surface area contributed by atoms with Gasteiger partial charge < -0.3 is 10.2 Å². The third-order valence-electron chi connectivity index (χ3n) is 1.57. The minimum Gasteiger partial charge on any atom is -0.394 e. The highest BCUT2D eigenvalue weighted by Gasteiger charge is 2.36. The third-order valence-corrected chi connectivity index (χ3v) is 3.32. The molecule has 0 aromatic carbocycles. The zero-order valence-corrected chi connectivity index (χ0v) is 7.33. The van der Waals surface area contributed by atoms with Gasteiger partial charge in [0.25, 0.3) is 10.1 Å². The van der Waals surface area contributed by atoms with Crippen LogP contribution in [-0.4, -0.2) is 43.2 Å². The quantitative estimate of drug-likeness (QED) is 0.542. The lowest BCUT2D eigenvalue weighted by atomic mass is 10.4. The van der Waals surface area contributed by atoms with Crippen LogP contribution in [0.2, 0.25) is 0 Å². The first-order chi connectivity index (χ1) is 5.56. The van der Waals surface area contributed by atoms with Crippen molar-refractivity contribution >= 4 is 10.1 Å². The van der Waals surface area contributed by atoms with E-state index >= 15 is 0 Å². The molecule has 1 aliphatic rings. The van der Waals surface area contributed by atoms with E-state index in [1.54, 1.807) is 0 Å². The van der Waals surface area contributed by atoms with Gasteiger partial charge in [0.2, 0.25) is 0 Å². The van der Waals surface area contributed by atoms with Crippen LogP contribution in [0.4, 0.5) is 0 Å². The maximum absolute atomic E-state index is 11.0. The maximum atomic E-state index is 11.0. The molecule has 1 rings (SSSR count). The smallest absolute Gasteiger partial charge is 0.270 e. The topological polar surface area (TPSA) is 83.8 Å². The Morgan fingerprint density at radius 1 is 1.50 bits per heavy atom. The second-order valence-corrected chi connectivity index (χ2v) is 4.70. The number of hydrogen-bond donors (Lipinski definition) is 2. The zero-order valence-electron chi connectivity index (χ0n) is 6.51. The van der Waals surface area contributed by atoms with Crippen LogP contribution in [0.3, 0.4) is 0 Å². The first-order valence-electron chi connectivity index (χ1n) is 3.73. The molecule has 6 heteroatoms. The fourth-order valence-corrected chi connectivity index (χ4v) is 1.93. The summed E-state index contributed by atoms with van der Waals surface area (Å²) < 4.78 is 26.5. The first kappa shape index (κ1) is 9.91. The van der Waals surface area contributed by atoms with E-state index in [-0.39, 0.29) is 11.9 Å². The van der Waals surface area contributed by atoms with Gasteiger partial charge in [-0.3, -0.25) is 4.18 Å². The van der Waals surface area contributed by atoms with E-state index in [0.717, 1.165) is 0 Å². The Balaban J connectivity index is 2.30. The van der Waals surface area contributed by atoms with Crippen molar-refractivity contribution in [2.45, 2.75) is 24.2 Å². The molecule has 0 spiro atoms. The van der Waals surface area contributed by atoms with E-state index < -0.39 is 22.8 Å². The Morgan fingerprint density at radius 2 is 2.08 bits per heavy atom.